The molecule has 0 atom stereocenters. The molecule has 0 saturated heterocycles. The lowest BCUT2D eigenvalue weighted by atomic mass is 10.2. The number of halogens is 1. The first-order valence-electron chi connectivity index (χ1n) is 5.96. The second-order valence-corrected chi connectivity index (χ2v) is 5.76. The van der Waals surface area contributed by atoms with Gasteiger partial charge in [-0.2, -0.15) is 0 Å². The van der Waals surface area contributed by atoms with Crippen LogP contribution in [-0.4, -0.2) is 24.4 Å². The lowest BCUT2D eigenvalue weighted by Crippen LogP contribution is -2.34. The standard InChI is InChI=1S/C13H17BrN2O2S/c1-8(2)16-12(17)5-6-15-13(18)10-7-9(19)3-4-11(10)14/h3-4,7-8,19H,5-6H2,1-2H3,(H,15,18)(H,16,17). The van der Waals surface area contributed by atoms with Crippen LogP contribution in [0, 0.1) is 0 Å². The zero-order valence-corrected chi connectivity index (χ0v) is 13.3. The molecule has 0 aliphatic carbocycles. The minimum atomic E-state index is -0.222. The summed E-state index contributed by atoms with van der Waals surface area (Å²) < 4.78 is 0.703. The maximum atomic E-state index is 11.9. The molecule has 104 valence electrons. The Balaban J connectivity index is 2.48. The molecule has 0 bridgehead atoms. The Hall–Kier alpha value is -1.01. The molecule has 1 aromatic carbocycles. The van der Waals surface area contributed by atoms with Gasteiger partial charge in [0.15, 0.2) is 0 Å². The number of carbonyl (C=O) groups excluding carboxylic acids is 2. The average Bonchev–Trinajstić information content (AvgIpc) is 2.31. The van der Waals surface area contributed by atoms with E-state index in [0.29, 0.717) is 21.5 Å². The first kappa shape index (κ1) is 16.0. The second-order valence-electron chi connectivity index (χ2n) is 4.39. The fourth-order valence-corrected chi connectivity index (χ4v) is 2.10. The minimum Gasteiger partial charge on any atom is -0.354 e. The summed E-state index contributed by atoms with van der Waals surface area (Å²) in [5.74, 6) is -0.294. The molecule has 0 aliphatic heterocycles. The van der Waals surface area contributed by atoms with E-state index in [9.17, 15) is 9.59 Å². The van der Waals surface area contributed by atoms with Crippen molar-refractivity contribution < 1.29 is 9.59 Å². The third kappa shape index (κ3) is 5.65. The largest absolute Gasteiger partial charge is 0.354 e. The molecule has 0 fully saturated rings. The first-order chi connectivity index (χ1) is 8.90. The van der Waals surface area contributed by atoms with E-state index >= 15 is 0 Å². The van der Waals surface area contributed by atoms with E-state index in [-0.39, 0.29) is 24.3 Å². The van der Waals surface area contributed by atoms with Gasteiger partial charge < -0.3 is 10.6 Å². The van der Waals surface area contributed by atoms with Gasteiger partial charge in [-0.25, -0.2) is 0 Å². The number of thiol groups is 1. The summed E-state index contributed by atoms with van der Waals surface area (Å²) in [5, 5.41) is 5.47. The van der Waals surface area contributed by atoms with Crippen LogP contribution < -0.4 is 10.6 Å². The lowest BCUT2D eigenvalue weighted by Gasteiger charge is -2.09. The van der Waals surface area contributed by atoms with Gasteiger partial charge in [0.2, 0.25) is 5.91 Å². The molecule has 0 radical (unpaired) electrons. The Labute approximate surface area is 126 Å². The SMILES string of the molecule is CC(C)NC(=O)CCNC(=O)c1cc(S)ccc1Br. The zero-order chi connectivity index (χ0) is 14.4. The van der Waals surface area contributed by atoms with E-state index in [1.54, 1.807) is 18.2 Å². The van der Waals surface area contributed by atoms with E-state index < -0.39 is 0 Å². The number of hydrogen-bond donors (Lipinski definition) is 3. The van der Waals surface area contributed by atoms with Gasteiger partial charge in [0, 0.05) is 28.4 Å². The van der Waals surface area contributed by atoms with Crippen LogP contribution in [0.3, 0.4) is 0 Å². The molecular formula is C13H17BrN2O2S. The Bertz CT molecular complexity index is 478. The van der Waals surface area contributed by atoms with Gasteiger partial charge in [-0.15, -0.1) is 12.6 Å². The summed E-state index contributed by atoms with van der Waals surface area (Å²) in [7, 11) is 0. The molecule has 0 spiro atoms. The van der Waals surface area contributed by atoms with Gasteiger partial charge in [0.05, 0.1) is 5.56 Å². The number of rotatable bonds is 5. The third-order valence-electron chi connectivity index (χ3n) is 2.28. The number of amides is 2. The quantitative estimate of drug-likeness (QED) is 0.718. The number of benzene rings is 1. The van der Waals surface area contributed by atoms with Crippen molar-refractivity contribution in [1.82, 2.24) is 10.6 Å². The molecule has 1 rings (SSSR count). The number of carbonyl (C=O) groups is 2. The summed E-state index contributed by atoms with van der Waals surface area (Å²) in [4.78, 5) is 24.0. The highest BCUT2D eigenvalue weighted by Gasteiger charge is 2.10. The van der Waals surface area contributed by atoms with Crippen LogP contribution in [0.15, 0.2) is 27.6 Å². The van der Waals surface area contributed by atoms with Crippen molar-refractivity contribution in [3.05, 3.63) is 28.2 Å². The topological polar surface area (TPSA) is 58.2 Å². The molecule has 2 amide bonds. The maximum absolute atomic E-state index is 11.9. The molecule has 0 saturated carbocycles. The second kappa shape index (κ2) is 7.55. The fourth-order valence-electron chi connectivity index (χ4n) is 1.47. The molecule has 2 N–H and O–H groups in total. The molecule has 0 heterocycles. The first-order valence-corrected chi connectivity index (χ1v) is 7.20. The van der Waals surface area contributed by atoms with Crippen molar-refractivity contribution in [3.63, 3.8) is 0 Å². The predicted octanol–water partition coefficient (Wildman–Crippen LogP) is 2.38. The van der Waals surface area contributed by atoms with Gasteiger partial charge in [0.1, 0.15) is 0 Å². The Morgan fingerprint density at radius 3 is 2.68 bits per heavy atom. The Morgan fingerprint density at radius 1 is 1.37 bits per heavy atom. The highest BCUT2D eigenvalue weighted by molar-refractivity contribution is 9.10. The van der Waals surface area contributed by atoms with Crippen molar-refractivity contribution >= 4 is 40.4 Å². The number of nitrogens with one attached hydrogen (secondary N) is 2. The van der Waals surface area contributed by atoms with Crippen LogP contribution >= 0.6 is 28.6 Å². The van der Waals surface area contributed by atoms with E-state index in [1.165, 1.54) is 0 Å². The van der Waals surface area contributed by atoms with Crippen LogP contribution in [0.2, 0.25) is 0 Å². The summed E-state index contributed by atoms with van der Waals surface area (Å²) in [6, 6.07) is 5.35. The van der Waals surface area contributed by atoms with Crippen LogP contribution in [0.1, 0.15) is 30.6 Å². The third-order valence-corrected chi connectivity index (χ3v) is 3.25. The van der Waals surface area contributed by atoms with Crippen LogP contribution in [0.5, 0.6) is 0 Å². The summed E-state index contributed by atoms with van der Waals surface area (Å²) >= 11 is 7.50. The molecule has 4 nitrogen and oxygen atoms in total. The van der Waals surface area contributed by atoms with Gasteiger partial charge in [0.25, 0.3) is 5.91 Å². The van der Waals surface area contributed by atoms with Crippen LogP contribution in [0.25, 0.3) is 0 Å². The Kier molecular flexibility index (Phi) is 6.37. The van der Waals surface area contributed by atoms with E-state index in [0.717, 1.165) is 0 Å². The molecule has 1 aromatic rings. The predicted molar refractivity (Wildman–Crippen MR) is 81.6 cm³/mol. The average molecular weight is 345 g/mol. The van der Waals surface area contributed by atoms with Gasteiger partial charge >= 0.3 is 0 Å². The van der Waals surface area contributed by atoms with Crippen molar-refractivity contribution in [2.75, 3.05) is 6.54 Å². The molecular weight excluding hydrogens is 328 g/mol. The van der Waals surface area contributed by atoms with Crippen LogP contribution in [0.4, 0.5) is 0 Å². The zero-order valence-electron chi connectivity index (χ0n) is 10.9. The Morgan fingerprint density at radius 2 is 2.05 bits per heavy atom. The fraction of sp³-hybridized carbons (Fsp3) is 0.385. The van der Waals surface area contributed by atoms with Gasteiger partial charge in [-0.05, 0) is 48.0 Å². The molecule has 19 heavy (non-hydrogen) atoms. The van der Waals surface area contributed by atoms with Crippen molar-refractivity contribution in [1.29, 1.82) is 0 Å². The van der Waals surface area contributed by atoms with Crippen LogP contribution in [-0.2, 0) is 4.79 Å². The summed E-state index contributed by atoms with van der Waals surface area (Å²) in [6.07, 6.45) is 0.266. The smallest absolute Gasteiger partial charge is 0.252 e. The summed E-state index contributed by atoms with van der Waals surface area (Å²) in [6.45, 7) is 4.10. The molecule has 6 heteroatoms. The van der Waals surface area contributed by atoms with E-state index in [1.807, 2.05) is 13.8 Å². The molecule has 0 unspecified atom stereocenters. The maximum Gasteiger partial charge on any atom is 0.252 e. The molecule has 0 aromatic heterocycles. The van der Waals surface area contributed by atoms with Crippen molar-refractivity contribution in [3.8, 4) is 0 Å². The lowest BCUT2D eigenvalue weighted by molar-refractivity contribution is -0.121. The van der Waals surface area contributed by atoms with Crippen molar-refractivity contribution in [2.24, 2.45) is 0 Å². The van der Waals surface area contributed by atoms with E-state index in [2.05, 4.69) is 39.2 Å². The van der Waals surface area contributed by atoms with Gasteiger partial charge in [-0.1, -0.05) is 0 Å². The van der Waals surface area contributed by atoms with Crippen molar-refractivity contribution in [2.45, 2.75) is 31.2 Å². The van der Waals surface area contributed by atoms with Gasteiger partial charge in [-0.3, -0.25) is 9.59 Å². The monoisotopic (exact) mass is 344 g/mol. The van der Waals surface area contributed by atoms with E-state index in [4.69, 9.17) is 0 Å². The highest BCUT2D eigenvalue weighted by atomic mass is 79.9. The highest BCUT2D eigenvalue weighted by Crippen LogP contribution is 2.19. The number of hydrogen-bond acceptors (Lipinski definition) is 3. The summed E-state index contributed by atoms with van der Waals surface area (Å²) in [5.41, 5.74) is 0.511. The normalized spacial score (nSPS) is 10.4. The molecule has 0 aliphatic rings. The minimum absolute atomic E-state index is 0.0719.